The average molecular weight is 300 g/mol. The van der Waals surface area contributed by atoms with Gasteiger partial charge in [-0.3, -0.25) is 14.6 Å². The van der Waals surface area contributed by atoms with Crippen molar-refractivity contribution < 1.29 is 14.7 Å². The Morgan fingerprint density at radius 3 is 2.29 bits per heavy atom. The lowest BCUT2D eigenvalue weighted by Crippen LogP contribution is -2.47. The van der Waals surface area contributed by atoms with Gasteiger partial charge in [-0.1, -0.05) is 47.0 Å². The molecule has 0 aromatic rings. The van der Waals surface area contributed by atoms with Gasteiger partial charge < -0.3 is 5.11 Å². The third-order valence-electron chi connectivity index (χ3n) is 3.75. The van der Waals surface area contributed by atoms with Crippen LogP contribution in [0.25, 0.3) is 0 Å². The van der Waals surface area contributed by atoms with E-state index in [9.17, 15) is 9.59 Å². The maximum Gasteiger partial charge on any atom is 0.305 e. The molecular weight excluding hydrogens is 268 g/mol. The van der Waals surface area contributed by atoms with Crippen molar-refractivity contribution in [1.29, 1.82) is 0 Å². The minimum atomic E-state index is -0.908. The van der Waals surface area contributed by atoms with Gasteiger partial charge in [0.05, 0.1) is 12.5 Å². The van der Waals surface area contributed by atoms with E-state index in [-0.39, 0.29) is 12.3 Å². The highest BCUT2D eigenvalue weighted by atomic mass is 16.4. The summed E-state index contributed by atoms with van der Waals surface area (Å²) in [5.41, 5.74) is 0. The van der Waals surface area contributed by atoms with Crippen LogP contribution in [0.15, 0.2) is 0 Å². The molecule has 0 saturated heterocycles. The first kappa shape index (κ1) is 19.9. The highest BCUT2D eigenvalue weighted by Gasteiger charge is 2.25. The van der Waals surface area contributed by atoms with Crippen molar-refractivity contribution in [2.45, 2.75) is 78.7 Å². The molecule has 5 nitrogen and oxygen atoms in total. The van der Waals surface area contributed by atoms with Gasteiger partial charge in [0.1, 0.15) is 0 Å². The van der Waals surface area contributed by atoms with Crippen molar-refractivity contribution in [3.8, 4) is 0 Å². The molecule has 0 rings (SSSR count). The second kappa shape index (κ2) is 10.6. The molecule has 0 aromatic heterocycles. The molecular formula is C16H32N2O3. The van der Waals surface area contributed by atoms with Gasteiger partial charge in [0.2, 0.25) is 5.91 Å². The number of amides is 1. The first-order chi connectivity index (χ1) is 9.77. The van der Waals surface area contributed by atoms with Gasteiger partial charge in [-0.25, -0.2) is 5.84 Å². The summed E-state index contributed by atoms with van der Waals surface area (Å²) in [7, 11) is 0. The van der Waals surface area contributed by atoms with Crippen molar-refractivity contribution in [3.05, 3.63) is 0 Å². The first-order valence-electron chi connectivity index (χ1n) is 8.06. The SMILES string of the molecule is CCCCC(C)CC(CC(=O)O)N(N)C(=O)CCC(C)C. The molecule has 1 amide bonds. The van der Waals surface area contributed by atoms with Crippen molar-refractivity contribution in [2.75, 3.05) is 0 Å². The highest BCUT2D eigenvalue weighted by molar-refractivity contribution is 5.77. The molecule has 21 heavy (non-hydrogen) atoms. The molecule has 0 bridgehead atoms. The minimum Gasteiger partial charge on any atom is -0.481 e. The van der Waals surface area contributed by atoms with Crippen LogP contribution in [0.5, 0.6) is 0 Å². The Hall–Kier alpha value is -1.10. The molecule has 0 saturated carbocycles. The Morgan fingerprint density at radius 1 is 1.19 bits per heavy atom. The lowest BCUT2D eigenvalue weighted by molar-refractivity contribution is -0.141. The summed E-state index contributed by atoms with van der Waals surface area (Å²) >= 11 is 0. The van der Waals surface area contributed by atoms with Crippen LogP contribution in [-0.4, -0.2) is 28.0 Å². The van der Waals surface area contributed by atoms with Crippen LogP contribution in [0, 0.1) is 11.8 Å². The van der Waals surface area contributed by atoms with Gasteiger partial charge >= 0.3 is 5.97 Å². The number of nitrogens with two attached hydrogens (primary N) is 1. The summed E-state index contributed by atoms with van der Waals surface area (Å²) < 4.78 is 0. The summed E-state index contributed by atoms with van der Waals surface area (Å²) in [6, 6.07) is -0.408. The maximum absolute atomic E-state index is 12.1. The van der Waals surface area contributed by atoms with Crippen molar-refractivity contribution >= 4 is 11.9 Å². The minimum absolute atomic E-state index is 0.0830. The molecule has 3 N–H and O–H groups in total. The fourth-order valence-corrected chi connectivity index (χ4v) is 2.38. The number of aliphatic carboxylic acids is 1. The van der Waals surface area contributed by atoms with Crippen LogP contribution in [0.4, 0.5) is 0 Å². The van der Waals surface area contributed by atoms with Crippen LogP contribution < -0.4 is 5.84 Å². The molecule has 0 heterocycles. The maximum atomic E-state index is 12.1. The summed E-state index contributed by atoms with van der Waals surface area (Å²) in [5.74, 6) is 5.64. The largest absolute Gasteiger partial charge is 0.481 e. The molecule has 0 aliphatic carbocycles. The van der Waals surface area contributed by atoms with Crippen LogP contribution >= 0.6 is 0 Å². The highest BCUT2D eigenvalue weighted by Crippen LogP contribution is 2.19. The van der Waals surface area contributed by atoms with Gasteiger partial charge in [-0.15, -0.1) is 0 Å². The zero-order valence-corrected chi connectivity index (χ0v) is 14.0. The number of unbranched alkanes of at least 4 members (excludes halogenated alkanes) is 1. The van der Waals surface area contributed by atoms with Crippen molar-refractivity contribution in [3.63, 3.8) is 0 Å². The van der Waals surface area contributed by atoms with Gasteiger partial charge in [-0.2, -0.15) is 0 Å². The topological polar surface area (TPSA) is 83.6 Å². The smallest absolute Gasteiger partial charge is 0.305 e. The van der Waals surface area contributed by atoms with Crippen LogP contribution in [0.1, 0.15) is 72.6 Å². The lowest BCUT2D eigenvalue weighted by atomic mass is 9.94. The molecule has 2 atom stereocenters. The van der Waals surface area contributed by atoms with Gasteiger partial charge in [0, 0.05) is 6.42 Å². The van der Waals surface area contributed by atoms with E-state index in [1.165, 1.54) is 5.01 Å². The zero-order chi connectivity index (χ0) is 16.4. The molecule has 0 aliphatic heterocycles. The summed E-state index contributed by atoms with van der Waals surface area (Å²) in [6.45, 7) is 8.33. The molecule has 0 radical (unpaired) electrons. The zero-order valence-electron chi connectivity index (χ0n) is 14.0. The van der Waals surface area contributed by atoms with Crippen molar-refractivity contribution in [2.24, 2.45) is 17.7 Å². The van der Waals surface area contributed by atoms with E-state index < -0.39 is 12.0 Å². The summed E-state index contributed by atoms with van der Waals surface area (Å²) in [6.07, 6.45) is 5.00. The van der Waals surface area contributed by atoms with E-state index in [4.69, 9.17) is 10.9 Å². The molecule has 0 aliphatic rings. The number of carbonyl (C=O) groups is 2. The second-order valence-corrected chi connectivity index (χ2v) is 6.47. The van der Waals surface area contributed by atoms with E-state index in [0.29, 0.717) is 24.7 Å². The third kappa shape index (κ3) is 9.45. The number of carboxylic acids is 1. The number of carboxylic acid groups (broad SMARTS) is 1. The third-order valence-corrected chi connectivity index (χ3v) is 3.75. The number of hydrogen-bond donors (Lipinski definition) is 2. The van der Waals surface area contributed by atoms with Gasteiger partial charge in [-0.05, 0) is 24.7 Å². The summed E-state index contributed by atoms with van der Waals surface area (Å²) in [4.78, 5) is 23.1. The lowest BCUT2D eigenvalue weighted by Gasteiger charge is -2.29. The number of carbonyl (C=O) groups excluding carboxylic acids is 1. The Labute approximate surface area is 128 Å². The number of hydrogen-bond acceptors (Lipinski definition) is 3. The Kier molecular flexibility index (Phi) is 10.0. The number of rotatable bonds is 11. The average Bonchev–Trinajstić information content (AvgIpc) is 2.40. The quantitative estimate of drug-likeness (QED) is 0.349. The van der Waals surface area contributed by atoms with Crippen LogP contribution in [0.2, 0.25) is 0 Å². The number of hydrazine groups is 1. The molecule has 2 unspecified atom stereocenters. The Balaban J connectivity index is 4.56. The molecule has 0 fully saturated rings. The molecule has 0 aromatic carbocycles. The van der Waals surface area contributed by atoms with E-state index in [2.05, 4.69) is 27.7 Å². The predicted molar refractivity (Wildman–Crippen MR) is 84.5 cm³/mol. The molecule has 124 valence electrons. The standard InChI is InChI=1S/C16H32N2O3/c1-5-6-7-13(4)10-14(11-16(20)21)18(17)15(19)9-8-12(2)3/h12-14H,5-11,17H2,1-4H3,(H,20,21). The molecule has 0 spiro atoms. The predicted octanol–water partition coefficient (Wildman–Crippen LogP) is 3.18. The fraction of sp³-hybridized carbons (Fsp3) is 0.875. The molecule has 5 heteroatoms. The van der Waals surface area contributed by atoms with E-state index in [1.54, 1.807) is 0 Å². The van der Waals surface area contributed by atoms with E-state index in [1.807, 2.05) is 0 Å². The number of nitrogens with zero attached hydrogens (tertiary/aromatic N) is 1. The Bertz CT molecular complexity index is 319. The summed E-state index contributed by atoms with van der Waals surface area (Å²) in [5, 5.41) is 10.2. The van der Waals surface area contributed by atoms with Gasteiger partial charge in [0.15, 0.2) is 0 Å². The van der Waals surface area contributed by atoms with E-state index >= 15 is 0 Å². The van der Waals surface area contributed by atoms with E-state index in [0.717, 1.165) is 25.7 Å². The van der Waals surface area contributed by atoms with Crippen LogP contribution in [0.3, 0.4) is 0 Å². The first-order valence-corrected chi connectivity index (χ1v) is 8.06. The Morgan fingerprint density at radius 2 is 1.81 bits per heavy atom. The second-order valence-electron chi connectivity index (χ2n) is 6.47. The monoisotopic (exact) mass is 300 g/mol. The van der Waals surface area contributed by atoms with Gasteiger partial charge in [0.25, 0.3) is 0 Å². The fourth-order valence-electron chi connectivity index (χ4n) is 2.38. The normalized spacial score (nSPS) is 14.0. The van der Waals surface area contributed by atoms with Crippen LogP contribution in [-0.2, 0) is 9.59 Å². The van der Waals surface area contributed by atoms with Crippen molar-refractivity contribution in [1.82, 2.24) is 5.01 Å².